The Morgan fingerprint density at radius 1 is 1.50 bits per heavy atom. The molecule has 0 saturated heterocycles. The van der Waals surface area contributed by atoms with Crippen LogP contribution in [-0.2, 0) is 0 Å². The maximum Gasteiger partial charge on any atom is 0.271 e. The monoisotopic (exact) mass is 274 g/mol. The molecule has 106 valence electrons. The zero-order valence-electron chi connectivity index (χ0n) is 11.4. The number of anilines is 1. The van der Waals surface area contributed by atoms with Crippen molar-refractivity contribution in [3.63, 3.8) is 0 Å². The minimum Gasteiger partial charge on any atom is -0.356 e. The van der Waals surface area contributed by atoms with Gasteiger partial charge >= 0.3 is 0 Å². The van der Waals surface area contributed by atoms with Gasteiger partial charge in [-0.1, -0.05) is 13.3 Å². The molecule has 0 radical (unpaired) electrons. The molecule has 6 nitrogen and oxygen atoms in total. The Kier molecular flexibility index (Phi) is 3.30. The summed E-state index contributed by atoms with van der Waals surface area (Å²) in [7, 11) is 0. The second-order valence-corrected chi connectivity index (χ2v) is 5.71. The Hall–Kier alpha value is -2.11. The van der Waals surface area contributed by atoms with Crippen LogP contribution in [0, 0.1) is 22.0 Å². The fourth-order valence-electron chi connectivity index (χ4n) is 2.95. The van der Waals surface area contributed by atoms with Crippen molar-refractivity contribution in [2.24, 2.45) is 11.8 Å². The zero-order valence-corrected chi connectivity index (χ0v) is 11.4. The lowest BCUT2D eigenvalue weighted by Gasteiger charge is -2.09. The first-order valence-electron chi connectivity index (χ1n) is 7.00. The summed E-state index contributed by atoms with van der Waals surface area (Å²) < 4.78 is 0. The van der Waals surface area contributed by atoms with Gasteiger partial charge in [-0.05, 0) is 30.7 Å². The van der Waals surface area contributed by atoms with Crippen molar-refractivity contribution in [1.29, 1.82) is 0 Å². The SMILES string of the molecule is CC1CCC(CNc2nc3ccc([N+](=O)[O-])cc3[nH]2)C1. The molecule has 0 amide bonds. The lowest BCUT2D eigenvalue weighted by atomic mass is 10.1. The quantitative estimate of drug-likeness (QED) is 0.661. The summed E-state index contributed by atoms with van der Waals surface area (Å²) in [6.07, 6.45) is 3.83. The van der Waals surface area contributed by atoms with Gasteiger partial charge in [-0.25, -0.2) is 4.98 Å². The number of hydrogen-bond donors (Lipinski definition) is 2. The highest BCUT2D eigenvalue weighted by Gasteiger charge is 2.21. The zero-order chi connectivity index (χ0) is 14.1. The molecule has 1 saturated carbocycles. The molecule has 20 heavy (non-hydrogen) atoms. The molecule has 6 heteroatoms. The number of rotatable bonds is 4. The maximum absolute atomic E-state index is 10.7. The van der Waals surface area contributed by atoms with E-state index in [1.807, 2.05) is 0 Å². The number of imidazole rings is 1. The van der Waals surface area contributed by atoms with Crippen LogP contribution < -0.4 is 5.32 Å². The van der Waals surface area contributed by atoms with E-state index in [-0.39, 0.29) is 5.69 Å². The first kappa shape index (κ1) is 12.9. The van der Waals surface area contributed by atoms with E-state index in [9.17, 15) is 10.1 Å². The molecular formula is C14H18N4O2. The molecule has 1 aromatic heterocycles. The van der Waals surface area contributed by atoms with E-state index in [0.717, 1.165) is 18.0 Å². The van der Waals surface area contributed by atoms with Crippen LogP contribution in [0.25, 0.3) is 11.0 Å². The largest absolute Gasteiger partial charge is 0.356 e. The van der Waals surface area contributed by atoms with Crippen LogP contribution >= 0.6 is 0 Å². The molecule has 2 unspecified atom stereocenters. The van der Waals surface area contributed by atoms with Crippen LogP contribution in [-0.4, -0.2) is 21.4 Å². The second-order valence-electron chi connectivity index (χ2n) is 5.71. The molecule has 2 N–H and O–H groups in total. The number of fused-ring (bicyclic) bond motifs is 1. The normalized spacial score (nSPS) is 22.2. The van der Waals surface area contributed by atoms with Crippen molar-refractivity contribution in [2.45, 2.75) is 26.2 Å². The standard InChI is InChI=1S/C14H18N4O2/c1-9-2-3-10(6-9)8-15-14-16-12-5-4-11(18(19)20)7-13(12)17-14/h4-5,7,9-10H,2-3,6,8H2,1H3,(H2,15,16,17). The van der Waals surface area contributed by atoms with E-state index in [1.54, 1.807) is 6.07 Å². The molecule has 0 spiro atoms. The van der Waals surface area contributed by atoms with Gasteiger partial charge in [0.15, 0.2) is 0 Å². The van der Waals surface area contributed by atoms with E-state index < -0.39 is 4.92 Å². The van der Waals surface area contributed by atoms with Crippen LogP contribution in [0.5, 0.6) is 0 Å². The van der Waals surface area contributed by atoms with Gasteiger partial charge in [-0.2, -0.15) is 0 Å². The van der Waals surface area contributed by atoms with Crippen molar-refractivity contribution < 1.29 is 4.92 Å². The molecule has 1 aliphatic rings. The number of nitrogens with one attached hydrogen (secondary N) is 2. The van der Waals surface area contributed by atoms with Gasteiger partial charge in [0, 0.05) is 18.7 Å². The maximum atomic E-state index is 10.7. The van der Waals surface area contributed by atoms with Crippen molar-refractivity contribution in [3.05, 3.63) is 28.3 Å². The number of benzene rings is 1. The van der Waals surface area contributed by atoms with Gasteiger partial charge in [0.25, 0.3) is 5.69 Å². The van der Waals surface area contributed by atoms with Crippen molar-refractivity contribution in [3.8, 4) is 0 Å². The topological polar surface area (TPSA) is 83.8 Å². The van der Waals surface area contributed by atoms with Crippen LogP contribution in [0.1, 0.15) is 26.2 Å². The molecule has 1 aliphatic carbocycles. The summed E-state index contributed by atoms with van der Waals surface area (Å²) in [5.74, 6) is 2.22. The smallest absolute Gasteiger partial charge is 0.271 e. The number of hydrogen-bond acceptors (Lipinski definition) is 4. The molecular weight excluding hydrogens is 256 g/mol. The fourth-order valence-corrected chi connectivity index (χ4v) is 2.95. The summed E-state index contributed by atoms with van der Waals surface area (Å²) in [4.78, 5) is 17.8. The Morgan fingerprint density at radius 2 is 2.35 bits per heavy atom. The fraction of sp³-hybridized carbons (Fsp3) is 0.500. The summed E-state index contributed by atoms with van der Waals surface area (Å²) >= 11 is 0. The highest BCUT2D eigenvalue weighted by atomic mass is 16.6. The average molecular weight is 274 g/mol. The van der Waals surface area contributed by atoms with Crippen molar-refractivity contribution >= 4 is 22.7 Å². The van der Waals surface area contributed by atoms with E-state index in [2.05, 4.69) is 22.2 Å². The minimum absolute atomic E-state index is 0.0808. The molecule has 0 bridgehead atoms. The Labute approximate surface area is 116 Å². The second kappa shape index (κ2) is 5.11. The van der Waals surface area contributed by atoms with Crippen LogP contribution in [0.15, 0.2) is 18.2 Å². The van der Waals surface area contributed by atoms with E-state index in [0.29, 0.717) is 17.4 Å². The predicted octanol–water partition coefficient (Wildman–Crippen LogP) is 3.32. The summed E-state index contributed by atoms with van der Waals surface area (Å²) in [6.45, 7) is 3.20. The summed E-state index contributed by atoms with van der Waals surface area (Å²) in [5.41, 5.74) is 1.52. The molecule has 1 fully saturated rings. The van der Waals surface area contributed by atoms with E-state index in [1.165, 1.54) is 31.4 Å². The summed E-state index contributed by atoms with van der Waals surface area (Å²) in [6, 6.07) is 4.67. The number of aromatic nitrogens is 2. The number of non-ortho nitro benzene ring substituents is 1. The van der Waals surface area contributed by atoms with Gasteiger partial charge in [0.1, 0.15) is 0 Å². The Morgan fingerprint density at radius 3 is 3.05 bits per heavy atom. The van der Waals surface area contributed by atoms with E-state index >= 15 is 0 Å². The van der Waals surface area contributed by atoms with Gasteiger partial charge < -0.3 is 10.3 Å². The lowest BCUT2D eigenvalue weighted by molar-refractivity contribution is -0.384. The first-order chi connectivity index (χ1) is 9.61. The number of aromatic amines is 1. The Balaban J connectivity index is 1.71. The molecule has 2 atom stereocenters. The van der Waals surface area contributed by atoms with Gasteiger partial charge in [-0.15, -0.1) is 0 Å². The molecule has 1 aromatic carbocycles. The van der Waals surface area contributed by atoms with Crippen LogP contribution in [0.3, 0.4) is 0 Å². The van der Waals surface area contributed by atoms with Crippen LogP contribution in [0.2, 0.25) is 0 Å². The number of nitro groups is 1. The molecule has 1 heterocycles. The van der Waals surface area contributed by atoms with Crippen molar-refractivity contribution in [1.82, 2.24) is 9.97 Å². The van der Waals surface area contributed by atoms with Gasteiger partial charge in [-0.3, -0.25) is 10.1 Å². The highest BCUT2D eigenvalue weighted by Crippen LogP contribution is 2.30. The van der Waals surface area contributed by atoms with Gasteiger partial charge in [0.2, 0.25) is 5.95 Å². The number of H-pyrrole nitrogens is 1. The number of nitrogens with zero attached hydrogens (tertiary/aromatic N) is 2. The first-order valence-corrected chi connectivity index (χ1v) is 7.00. The Bertz CT molecular complexity index is 637. The third-order valence-corrected chi connectivity index (χ3v) is 4.04. The third-order valence-electron chi connectivity index (χ3n) is 4.04. The average Bonchev–Trinajstić information content (AvgIpc) is 3.00. The van der Waals surface area contributed by atoms with Gasteiger partial charge in [0.05, 0.1) is 16.0 Å². The predicted molar refractivity (Wildman–Crippen MR) is 77.7 cm³/mol. The highest BCUT2D eigenvalue weighted by molar-refractivity contribution is 5.79. The third kappa shape index (κ3) is 2.59. The molecule has 0 aliphatic heterocycles. The molecule has 3 rings (SSSR count). The van der Waals surface area contributed by atoms with Crippen molar-refractivity contribution in [2.75, 3.05) is 11.9 Å². The van der Waals surface area contributed by atoms with E-state index in [4.69, 9.17) is 0 Å². The molecule has 2 aromatic rings. The lowest BCUT2D eigenvalue weighted by Crippen LogP contribution is -2.12. The minimum atomic E-state index is -0.396. The number of nitro benzene ring substituents is 1. The van der Waals surface area contributed by atoms with Crippen LogP contribution in [0.4, 0.5) is 11.6 Å². The summed E-state index contributed by atoms with van der Waals surface area (Å²) in [5, 5.41) is 14.0.